The van der Waals surface area contributed by atoms with E-state index in [4.69, 9.17) is 0 Å². The van der Waals surface area contributed by atoms with Crippen LogP contribution in [0.5, 0.6) is 0 Å². The topological polar surface area (TPSA) is 49.8 Å². The van der Waals surface area contributed by atoms with E-state index in [0.29, 0.717) is 6.04 Å². The number of anilines is 1. The highest BCUT2D eigenvalue weighted by atomic mass is 15.2. The third kappa shape index (κ3) is 1.89. The highest BCUT2D eigenvalue weighted by molar-refractivity contribution is 5.34. The second kappa shape index (κ2) is 4.01. The number of nitrogens with zero attached hydrogens (tertiary/aromatic N) is 2. The number of rotatable bonds is 2. The van der Waals surface area contributed by atoms with E-state index in [0.717, 1.165) is 23.3 Å². The lowest BCUT2D eigenvalue weighted by Gasteiger charge is -2.13. The average molecular weight is 218 g/mol. The molecule has 1 unspecified atom stereocenters. The molecule has 1 saturated heterocycles. The van der Waals surface area contributed by atoms with Gasteiger partial charge in [-0.15, -0.1) is 5.10 Å². The van der Waals surface area contributed by atoms with Crippen LogP contribution in [-0.2, 0) is 0 Å². The molecule has 86 valence electrons. The van der Waals surface area contributed by atoms with Gasteiger partial charge in [-0.25, -0.2) is 0 Å². The zero-order valence-electron chi connectivity index (χ0n) is 9.61. The quantitative estimate of drug-likeness (QED) is 0.783. The van der Waals surface area contributed by atoms with Crippen LogP contribution in [0.1, 0.15) is 18.5 Å². The molecule has 3 atom stereocenters. The molecule has 1 aromatic heterocycles. The number of fused-ring (bicyclic) bond motifs is 1. The molecule has 0 spiro atoms. The Morgan fingerprint density at radius 3 is 2.56 bits per heavy atom. The number of nitrogens with one attached hydrogen (secondary N) is 2. The normalized spacial score (nSPS) is 32.7. The fraction of sp³-hybridized carbons (Fsp3) is 0.667. The molecule has 2 N–H and O–H groups in total. The second-order valence-electron chi connectivity index (χ2n) is 5.05. The predicted molar refractivity (Wildman–Crippen MR) is 63.3 cm³/mol. The first-order chi connectivity index (χ1) is 7.81. The number of hydrogen-bond acceptors (Lipinski definition) is 4. The van der Waals surface area contributed by atoms with E-state index < -0.39 is 0 Å². The van der Waals surface area contributed by atoms with Crippen LogP contribution in [-0.4, -0.2) is 29.3 Å². The van der Waals surface area contributed by atoms with E-state index in [1.165, 1.54) is 25.9 Å². The lowest BCUT2D eigenvalue weighted by molar-refractivity contribution is 0.494. The van der Waals surface area contributed by atoms with Crippen LogP contribution in [0, 0.1) is 18.8 Å². The van der Waals surface area contributed by atoms with Crippen molar-refractivity contribution in [2.24, 2.45) is 11.8 Å². The molecule has 1 aliphatic heterocycles. The van der Waals surface area contributed by atoms with Crippen LogP contribution < -0.4 is 10.6 Å². The largest absolute Gasteiger partial charge is 0.366 e. The van der Waals surface area contributed by atoms with Gasteiger partial charge in [-0.2, -0.15) is 5.10 Å². The van der Waals surface area contributed by atoms with Gasteiger partial charge in [0.05, 0.1) is 5.69 Å². The molecular formula is C12H18N4. The minimum Gasteiger partial charge on any atom is -0.366 e. The van der Waals surface area contributed by atoms with Gasteiger partial charge in [0.1, 0.15) is 5.82 Å². The van der Waals surface area contributed by atoms with Crippen LogP contribution in [0.25, 0.3) is 0 Å². The lowest BCUT2D eigenvalue weighted by atomic mass is 10.0. The maximum absolute atomic E-state index is 4.16. The molecule has 2 heterocycles. The summed E-state index contributed by atoms with van der Waals surface area (Å²) in [7, 11) is 0. The van der Waals surface area contributed by atoms with Crippen molar-refractivity contribution in [3.05, 3.63) is 17.8 Å². The SMILES string of the molecule is Cc1ccc(NC2C[C@H]3CNC[C@H]3C2)nn1. The Morgan fingerprint density at radius 1 is 1.19 bits per heavy atom. The fourth-order valence-electron chi connectivity index (χ4n) is 2.97. The molecule has 4 nitrogen and oxygen atoms in total. The van der Waals surface area contributed by atoms with Crippen molar-refractivity contribution in [1.82, 2.24) is 15.5 Å². The van der Waals surface area contributed by atoms with Gasteiger partial charge in [0.2, 0.25) is 0 Å². The second-order valence-corrected chi connectivity index (χ2v) is 5.05. The summed E-state index contributed by atoms with van der Waals surface area (Å²) < 4.78 is 0. The number of aryl methyl sites for hydroxylation is 1. The summed E-state index contributed by atoms with van der Waals surface area (Å²) in [6, 6.07) is 4.62. The van der Waals surface area contributed by atoms with Crippen LogP contribution in [0.4, 0.5) is 5.82 Å². The Bertz CT molecular complexity index is 350. The third-order valence-corrected chi connectivity index (χ3v) is 3.80. The van der Waals surface area contributed by atoms with Crippen molar-refractivity contribution in [2.75, 3.05) is 18.4 Å². The van der Waals surface area contributed by atoms with Crippen molar-refractivity contribution in [1.29, 1.82) is 0 Å². The summed E-state index contributed by atoms with van der Waals surface area (Å²) in [6.45, 7) is 4.35. The van der Waals surface area contributed by atoms with Gasteiger partial charge in [-0.05, 0) is 56.8 Å². The summed E-state index contributed by atoms with van der Waals surface area (Å²) in [4.78, 5) is 0. The van der Waals surface area contributed by atoms with Crippen molar-refractivity contribution in [3.8, 4) is 0 Å². The molecule has 3 rings (SSSR count). The van der Waals surface area contributed by atoms with E-state index in [9.17, 15) is 0 Å². The first-order valence-electron chi connectivity index (χ1n) is 6.09. The number of hydrogen-bond donors (Lipinski definition) is 2. The first-order valence-corrected chi connectivity index (χ1v) is 6.09. The van der Waals surface area contributed by atoms with Crippen LogP contribution >= 0.6 is 0 Å². The monoisotopic (exact) mass is 218 g/mol. The summed E-state index contributed by atoms with van der Waals surface area (Å²) >= 11 is 0. The summed E-state index contributed by atoms with van der Waals surface area (Å²) in [5, 5.41) is 15.2. The van der Waals surface area contributed by atoms with E-state index in [1.54, 1.807) is 0 Å². The standard InChI is InChI=1S/C12H18N4/c1-8-2-3-12(16-15-8)14-11-4-9-6-13-7-10(9)5-11/h2-3,9-11,13H,4-7H2,1H3,(H,14,16)/t9-,10+,11?. The fourth-order valence-corrected chi connectivity index (χ4v) is 2.97. The molecular weight excluding hydrogens is 200 g/mol. The van der Waals surface area contributed by atoms with Crippen molar-refractivity contribution < 1.29 is 0 Å². The minimum atomic E-state index is 0.592. The maximum Gasteiger partial charge on any atom is 0.148 e. The Labute approximate surface area is 95.8 Å². The zero-order valence-corrected chi connectivity index (χ0v) is 9.61. The van der Waals surface area contributed by atoms with Crippen molar-refractivity contribution in [3.63, 3.8) is 0 Å². The van der Waals surface area contributed by atoms with Gasteiger partial charge in [0, 0.05) is 6.04 Å². The van der Waals surface area contributed by atoms with Crippen molar-refractivity contribution >= 4 is 5.82 Å². The molecule has 2 aliphatic rings. The molecule has 0 radical (unpaired) electrons. The van der Waals surface area contributed by atoms with Gasteiger partial charge in [-0.3, -0.25) is 0 Å². The Morgan fingerprint density at radius 2 is 1.94 bits per heavy atom. The van der Waals surface area contributed by atoms with Gasteiger partial charge >= 0.3 is 0 Å². The molecule has 1 aliphatic carbocycles. The highest BCUT2D eigenvalue weighted by Crippen LogP contribution is 2.35. The Balaban J connectivity index is 1.62. The highest BCUT2D eigenvalue weighted by Gasteiger charge is 2.37. The molecule has 0 aromatic carbocycles. The Kier molecular flexibility index (Phi) is 2.52. The lowest BCUT2D eigenvalue weighted by Crippen LogP contribution is -2.21. The first kappa shape index (κ1) is 10.0. The molecule has 1 saturated carbocycles. The average Bonchev–Trinajstić information content (AvgIpc) is 2.81. The van der Waals surface area contributed by atoms with E-state index >= 15 is 0 Å². The maximum atomic E-state index is 4.16. The van der Waals surface area contributed by atoms with Gasteiger partial charge in [-0.1, -0.05) is 0 Å². The van der Waals surface area contributed by atoms with Crippen molar-refractivity contribution in [2.45, 2.75) is 25.8 Å². The Hall–Kier alpha value is -1.16. The summed E-state index contributed by atoms with van der Waals surface area (Å²) in [5.41, 5.74) is 0.970. The van der Waals surface area contributed by atoms with Gasteiger partial charge in [0.15, 0.2) is 0 Å². The molecule has 1 aromatic rings. The van der Waals surface area contributed by atoms with Gasteiger partial charge in [0.25, 0.3) is 0 Å². The summed E-state index contributed by atoms with van der Waals surface area (Å²) in [6.07, 6.45) is 2.54. The smallest absolute Gasteiger partial charge is 0.148 e. The predicted octanol–water partition coefficient (Wildman–Crippen LogP) is 1.19. The third-order valence-electron chi connectivity index (χ3n) is 3.80. The molecule has 2 fully saturated rings. The molecule has 4 heteroatoms. The van der Waals surface area contributed by atoms with E-state index in [1.807, 2.05) is 19.1 Å². The van der Waals surface area contributed by atoms with Crippen LogP contribution in [0.3, 0.4) is 0 Å². The van der Waals surface area contributed by atoms with Crippen LogP contribution in [0.15, 0.2) is 12.1 Å². The van der Waals surface area contributed by atoms with E-state index in [2.05, 4.69) is 20.8 Å². The minimum absolute atomic E-state index is 0.592. The van der Waals surface area contributed by atoms with Gasteiger partial charge < -0.3 is 10.6 Å². The molecule has 0 amide bonds. The molecule has 0 bridgehead atoms. The summed E-state index contributed by atoms with van der Waals surface area (Å²) in [5.74, 6) is 2.66. The van der Waals surface area contributed by atoms with Crippen LogP contribution in [0.2, 0.25) is 0 Å². The number of aromatic nitrogens is 2. The zero-order chi connectivity index (χ0) is 11.0. The van der Waals surface area contributed by atoms with E-state index in [-0.39, 0.29) is 0 Å². The molecule has 16 heavy (non-hydrogen) atoms.